The van der Waals surface area contributed by atoms with Gasteiger partial charge in [-0.3, -0.25) is 4.79 Å². The van der Waals surface area contributed by atoms with Gasteiger partial charge in [-0.15, -0.1) is 0 Å². The van der Waals surface area contributed by atoms with E-state index in [1.807, 2.05) is 24.3 Å². The molecule has 0 saturated heterocycles. The highest BCUT2D eigenvalue weighted by Crippen LogP contribution is 2.06. The molecular weight excluding hydrogens is 292 g/mol. The first-order valence-corrected chi connectivity index (χ1v) is 7.92. The number of amides is 1. The van der Waals surface area contributed by atoms with Crippen LogP contribution >= 0.6 is 0 Å². The van der Waals surface area contributed by atoms with Gasteiger partial charge in [-0.25, -0.2) is 9.67 Å². The van der Waals surface area contributed by atoms with E-state index in [9.17, 15) is 4.79 Å². The summed E-state index contributed by atoms with van der Waals surface area (Å²) >= 11 is 0. The van der Waals surface area contributed by atoms with Crippen LogP contribution in [0.1, 0.15) is 36.2 Å². The second-order valence-electron chi connectivity index (χ2n) is 5.87. The fourth-order valence-corrected chi connectivity index (χ4v) is 2.06. The maximum absolute atomic E-state index is 12.0. The summed E-state index contributed by atoms with van der Waals surface area (Å²) in [6.07, 6.45) is 4.00. The standard InChI is InChI=1S/C17H24N4O2/c1-14(2)11-23-9-3-8-19-17(22)16-6-4-15(5-7-16)10-21-13-18-12-20-21/h4-7,12-14H,3,8-11H2,1-2H3,(H,19,22). The molecular formula is C17H24N4O2. The molecule has 0 aliphatic carbocycles. The van der Waals surface area contributed by atoms with Crippen molar-refractivity contribution in [3.63, 3.8) is 0 Å². The zero-order chi connectivity index (χ0) is 16.5. The molecule has 0 fully saturated rings. The number of carbonyl (C=O) groups excluding carboxylic acids is 1. The Labute approximate surface area is 136 Å². The fourth-order valence-electron chi connectivity index (χ4n) is 2.06. The molecule has 0 unspecified atom stereocenters. The summed E-state index contributed by atoms with van der Waals surface area (Å²) in [6.45, 7) is 6.95. The van der Waals surface area contributed by atoms with E-state index >= 15 is 0 Å². The normalized spacial score (nSPS) is 10.9. The van der Waals surface area contributed by atoms with Gasteiger partial charge in [-0.05, 0) is 30.0 Å². The van der Waals surface area contributed by atoms with Gasteiger partial charge in [0.2, 0.25) is 0 Å². The molecule has 124 valence electrons. The third-order valence-corrected chi connectivity index (χ3v) is 3.23. The molecule has 6 heteroatoms. The van der Waals surface area contributed by atoms with Gasteiger partial charge < -0.3 is 10.1 Å². The highest BCUT2D eigenvalue weighted by molar-refractivity contribution is 5.94. The number of benzene rings is 1. The van der Waals surface area contributed by atoms with Crippen molar-refractivity contribution in [2.75, 3.05) is 19.8 Å². The molecule has 1 heterocycles. The van der Waals surface area contributed by atoms with Crippen LogP contribution in [0.15, 0.2) is 36.9 Å². The first-order valence-electron chi connectivity index (χ1n) is 7.92. The van der Waals surface area contributed by atoms with Gasteiger partial charge in [0.1, 0.15) is 12.7 Å². The van der Waals surface area contributed by atoms with Crippen molar-refractivity contribution in [3.8, 4) is 0 Å². The Morgan fingerprint density at radius 3 is 2.74 bits per heavy atom. The second-order valence-corrected chi connectivity index (χ2v) is 5.87. The lowest BCUT2D eigenvalue weighted by Gasteiger charge is -2.08. The quantitative estimate of drug-likeness (QED) is 0.720. The van der Waals surface area contributed by atoms with Crippen LogP contribution in [0.5, 0.6) is 0 Å². The van der Waals surface area contributed by atoms with Gasteiger partial charge in [-0.1, -0.05) is 26.0 Å². The largest absolute Gasteiger partial charge is 0.381 e. The number of aromatic nitrogens is 3. The fraction of sp³-hybridized carbons (Fsp3) is 0.471. The van der Waals surface area contributed by atoms with Crippen molar-refractivity contribution < 1.29 is 9.53 Å². The molecule has 0 spiro atoms. The van der Waals surface area contributed by atoms with Crippen LogP contribution in [-0.4, -0.2) is 40.4 Å². The Hall–Kier alpha value is -2.21. The molecule has 0 aliphatic rings. The van der Waals surface area contributed by atoms with E-state index < -0.39 is 0 Å². The maximum Gasteiger partial charge on any atom is 0.251 e. The number of hydrogen-bond acceptors (Lipinski definition) is 4. The molecule has 0 atom stereocenters. The highest BCUT2D eigenvalue weighted by atomic mass is 16.5. The smallest absolute Gasteiger partial charge is 0.251 e. The third kappa shape index (κ3) is 6.20. The zero-order valence-electron chi connectivity index (χ0n) is 13.7. The van der Waals surface area contributed by atoms with Gasteiger partial charge in [0.15, 0.2) is 0 Å². The Balaban J connectivity index is 1.70. The Bertz CT molecular complexity index is 579. The van der Waals surface area contributed by atoms with Crippen molar-refractivity contribution >= 4 is 5.91 Å². The average Bonchev–Trinajstić information content (AvgIpc) is 3.04. The predicted molar refractivity (Wildman–Crippen MR) is 88.2 cm³/mol. The van der Waals surface area contributed by atoms with E-state index in [0.29, 0.717) is 31.2 Å². The lowest BCUT2D eigenvalue weighted by atomic mass is 10.1. The molecule has 1 N–H and O–H groups in total. The molecule has 0 saturated carbocycles. The van der Waals surface area contributed by atoms with Gasteiger partial charge >= 0.3 is 0 Å². The summed E-state index contributed by atoms with van der Waals surface area (Å²) in [6, 6.07) is 7.53. The van der Waals surface area contributed by atoms with Crippen LogP contribution in [-0.2, 0) is 11.3 Å². The van der Waals surface area contributed by atoms with Crippen molar-refractivity contribution in [2.45, 2.75) is 26.8 Å². The second kappa shape index (κ2) is 9.05. The zero-order valence-corrected chi connectivity index (χ0v) is 13.7. The average molecular weight is 316 g/mol. The van der Waals surface area contributed by atoms with Crippen molar-refractivity contribution in [2.24, 2.45) is 5.92 Å². The first-order chi connectivity index (χ1) is 11.1. The molecule has 0 bridgehead atoms. The summed E-state index contributed by atoms with van der Waals surface area (Å²) in [5.74, 6) is 0.488. The number of nitrogens with zero attached hydrogens (tertiary/aromatic N) is 3. The van der Waals surface area contributed by atoms with E-state index in [1.54, 1.807) is 11.0 Å². The topological polar surface area (TPSA) is 69.0 Å². The van der Waals surface area contributed by atoms with Gasteiger partial charge in [0.05, 0.1) is 6.54 Å². The van der Waals surface area contributed by atoms with Crippen molar-refractivity contribution in [1.82, 2.24) is 20.1 Å². The Kier molecular flexibility index (Phi) is 6.75. The minimum absolute atomic E-state index is 0.0545. The molecule has 2 aromatic rings. The lowest BCUT2D eigenvalue weighted by Crippen LogP contribution is -2.25. The summed E-state index contributed by atoms with van der Waals surface area (Å²) in [4.78, 5) is 15.9. The van der Waals surface area contributed by atoms with E-state index in [0.717, 1.165) is 18.6 Å². The number of carbonyl (C=O) groups is 1. The lowest BCUT2D eigenvalue weighted by molar-refractivity contribution is 0.0925. The van der Waals surface area contributed by atoms with Crippen molar-refractivity contribution in [3.05, 3.63) is 48.0 Å². The van der Waals surface area contributed by atoms with Gasteiger partial charge in [-0.2, -0.15) is 5.10 Å². The third-order valence-electron chi connectivity index (χ3n) is 3.23. The van der Waals surface area contributed by atoms with E-state index in [1.165, 1.54) is 6.33 Å². The van der Waals surface area contributed by atoms with Crippen LogP contribution in [0.4, 0.5) is 0 Å². The molecule has 1 aromatic carbocycles. The summed E-state index contributed by atoms with van der Waals surface area (Å²) < 4.78 is 7.23. The van der Waals surface area contributed by atoms with E-state index in [2.05, 4.69) is 29.2 Å². The minimum atomic E-state index is -0.0545. The highest BCUT2D eigenvalue weighted by Gasteiger charge is 2.05. The van der Waals surface area contributed by atoms with Gasteiger partial charge in [0.25, 0.3) is 5.91 Å². The molecule has 1 aromatic heterocycles. The van der Waals surface area contributed by atoms with Crippen LogP contribution in [0.2, 0.25) is 0 Å². The first kappa shape index (κ1) is 17.1. The summed E-state index contributed by atoms with van der Waals surface area (Å²) in [5, 5.41) is 6.96. The molecule has 6 nitrogen and oxygen atoms in total. The molecule has 0 radical (unpaired) electrons. The number of rotatable bonds is 9. The SMILES string of the molecule is CC(C)COCCCNC(=O)c1ccc(Cn2cncn2)cc1. The number of ether oxygens (including phenoxy) is 1. The molecule has 1 amide bonds. The van der Waals surface area contributed by atoms with Crippen LogP contribution in [0.3, 0.4) is 0 Å². The molecule has 2 rings (SSSR count). The minimum Gasteiger partial charge on any atom is -0.381 e. The Morgan fingerprint density at radius 1 is 1.30 bits per heavy atom. The molecule has 23 heavy (non-hydrogen) atoms. The number of hydrogen-bond donors (Lipinski definition) is 1. The monoisotopic (exact) mass is 316 g/mol. The predicted octanol–water partition coefficient (Wildman–Crippen LogP) is 2.12. The van der Waals surface area contributed by atoms with Gasteiger partial charge in [0, 0.05) is 25.3 Å². The van der Waals surface area contributed by atoms with Crippen LogP contribution in [0, 0.1) is 5.92 Å². The molecule has 0 aliphatic heterocycles. The van der Waals surface area contributed by atoms with Crippen LogP contribution < -0.4 is 5.32 Å². The maximum atomic E-state index is 12.0. The Morgan fingerprint density at radius 2 is 2.09 bits per heavy atom. The van der Waals surface area contributed by atoms with E-state index in [4.69, 9.17) is 4.74 Å². The number of nitrogens with one attached hydrogen (secondary N) is 1. The summed E-state index contributed by atoms with van der Waals surface area (Å²) in [5.41, 5.74) is 1.74. The van der Waals surface area contributed by atoms with Crippen LogP contribution in [0.25, 0.3) is 0 Å². The van der Waals surface area contributed by atoms with E-state index in [-0.39, 0.29) is 5.91 Å². The van der Waals surface area contributed by atoms with Crippen molar-refractivity contribution in [1.29, 1.82) is 0 Å². The summed E-state index contributed by atoms with van der Waals surface area (Å²) in [7, 11) is 0.